The molecule has 2 aliphatic rings. The Balaban J connectivity index is 1.87. The summed E-state index contributed by atoms with van der Waals surface area (Å²) >= 11 is 0. The van der Waals surface area contributed by atoms with E-state index in [2.05, 4.69) is 16.0 Å². The van der Waals surface area contributed by atoms with Crippen molar-refractivity contribution in [2.24, 2.45) is 0 Å². The molecular formula is C16H18N4O5. The van der Waals surface area contributed by atoms with Gasteiger partial charge in [-0.3, -0.25) is 4.79 Å². The first-order chi connectivity index (χ1) is 12.0. The number of hydrogen-bond acceptors (Lipinski definition) is 6. The van der Waals surface area contributed by atoms with E-state index < -0.39 is 5.97 Å². The number of methoxy groups -OCH3 is 1. The van der Waals surface area contributed by atoms with Crippen LogP contribution in [0, 0.1) is 0 Å². The maximum Gasteiger partial charge on any atom is 0.337 e. The summed E-state index contributed by atoms with van der Waals surface area (Å²) in [7, 11) is 1.25. The molecule has 2 aliphatic heterocycles. The van der Waals surface area contributed by atoms with Crippen molar-refractivity contribution in [1.29, 1.82) is 0 Å². The number of anilines is 2. The molecule has 0 bridgehead atoms. The minimum atomic E-state index is -0.594. The molecule has 0 spiro atoms. The summed E-state index contributed by atoms with van der Waals surface area (Å²) in [6.07, 6.45) is 0. The van der Waals surface area contributed by atoms with E-state index in [4.69, 9.17) is 9.84 Å². The van der Waals surface area contributed by atoms with Gasteiger partial charge in [-0.25, -0.2) is 9.59 Å². The average molecular weight is 346 g/mol. The Morgan fingerprint density at radius 1 is 1.40 bits per heavy atom. The van der Waals surface area contributed by atoms with E-state index in [9.17, 15) is 14.4 Å². The number of amides is 3. The second-order valence-corrected chi connectivity index (χ2v) is 5.60. The minimum absolute atomic E-state index is 0.0803. The van der Waals surface area contributed by atoms with Crippen LogP contribution in [0.4, 0.5) is 16.2 Å². The number of carbonyl (C=O) groups is 3. The topological polar surface area (TPSA) is 120 Å². The maximum absolute atomic E-state index is 12.5. The normalized spacial score (nSPS) is 16.3. The zero-order valence-corrected chi connectivity index (χ0v) is 13.6. The van der Waals surface area contributed by atoms with Crippen LogP contribution < -0.4 is 16.0 Å². The maximum atomic E-state index is 12.5. The highest BCUT2D eigenvalue weighted by Gasteiger charge is 2.34. The van der Waals surface area contributed by atoms with Crippen LogP contribution in [-0.4, -0.2) is 54.7 Å². The van der Waals surface area contributed by atoms with Crippen LogP contribution in [0.2, 0.25) is 0 Å². The fourth-order valence-electron chi connectivity index (χ4n) is 2.77. The van der Waals surface area contributed by atoms with Gasteiger partial charge >= 0.3 is 12.0 Å². The molecule has 1 aromatic rings. The smallest absolute Gasteiger partial charge is 0.337 e. The van der Waals surface area contributed by atoms with Crippen molar-refractivity contribution >= 4 is 29.3 Å². The Bertz CT molecular complexity index is 774. The Morgan fingerprint density at radius 3 is 2.92 bits per heavy atom. The first-order valence-corrected chi connectivity index (χ1v) is 7.70. The van der Waals surface area contributed by atoms with Gasteiger partial charge in [0.1, 0.15) is 5.70 Å². The number of aliphatic hydroxyl groups is 1. The molecule has 0 unspecified atom stereocenters. The van der Waals surface area contributed by atoms with E-state index in [0.717, 1.165) is 5.56 Å². The zero-order valence-electron chi connectivity index (χ0n) is 13.6. The van der Waals surface area contributed by atoms with Crippen LogP contribution in [-0.2, 0) is 20.9 Å². The summed E-state index contributed by atoms with van der Waals surface area (Å²) in [4.78, 5) is 37.1. The Labute approximate surface area is 143 Å². The molecule has 9 nitrogen and oxygen atoms in total. The number of aliphatic hydroxyl groups excluding tert-OH is 1. The van der Waals surface area contributed by atoms with Gasteiger partial charge in [-0.2, -0.15) is 0 Å². The Kier molecular flexibility index (Phi) is 4.57. The second-order valence-electron chi connectivity index (χ2n) is 5.60. The highest BCUT2D eigenvalue weighted by atomic mass is 16.5. The van der Waals surface area contributed by atoms with Crippen molar-refractivity contribution in [1.82, 2.24) is 10.2 Å². The zero-order chi connectivity index (χ0) is 18.0. The molecule has 0 saturated carbocycles. The molecule has 3 rings (SSSR count). The molecule has 25 heavy (non-hydrogen) atoms. The summed E-state index contributed by atoms with van der Waals surface area (Å²) in [6, 6.07) is 4.94. The van der Waals surface area contributed by atoms with Gasteiger partial charge in [-0.15, -0.1) is 0 Å². The molecule has 0 fully saturated rings. The summed E-state index contributed by atoms with van der Waals surface area (Å²) < 4.78 is 4.74. The van der Waals surface area contributed by atoms with E-state index in [1.807, 2.05) is 0 Å². The van der Waals surface area contributed by atoms with Gasteiger partial charge in [0.05, 0.1) is 25.8 Å². The summed E-state index contributed by atoms with van der Waals surface area (Å²) in [5, 5.41) is 17.4. The van der Waals surface area contributed by atoms with E-state index in [1.54, 1.807) is 18.2 Å². The number of ether oxygens (including phenoxy) is 1. The number of hydrogen-bond donors (Lipinski definition) is 4. The van der Waals surface area contributed by atoms with Gasteiger partial charge in [-0.1, -0.05) is 0 Å². The van der Waals surface area contributed by atoms with Gasteiger partial charge in [-0.05, 0) is 23.8 Å². The van der Waals surface area contributed by atoms with E-state index in [-0.39, 0.29) is 42.9 Å². The van der Waals surface area contributed by atoms with Gasteiger partial charge in [0, 0.05) is 24.5 Å². The number of nitrogens with one attached hydrogen (secondary N) is 3. The number of rotatable bonds is 5. The number of nitrogens with zero attached hydrogens (tertiary/aromatic N) is 1. The average Bonchev–Trinajstić information content (AvgIpc) is 2.91. The number of urea groups is 1. The Hall–Kier alpha value is -3.07. The number of benzene rings is 1. The van der Waals surface area contributed by atoms with E-state index in [0.29, 0.717) is 17.9 Å². The van der Waals surface area contributed by atoms with Crippen LogP contribution >= 0.6 is 0 Å². The molecule has 4 N–H and O–H groups in total. The SMILES string of the molecule is COC(=O)C1=C(Nc2ccc3c(c2)CNC(=O)N3)C(=O)N(CCO)C1. The summed E-state index contributed by atoms with van der Waals surface area (Å²) in [5.74, 6) is -0.971. The third-order valence-corrected chi connectivity index (χ3v) is 4.02. The molecular weight excluding hydrogens is 328 g/mol. The number of fused-ring (bicyclic) bond motifs is 1. The summed E-state index contributed by atoms with van der Waals surface area (Å²) in [6.45, 7) is 0.378. The van der Waals surface area contributed by atoms with Crippen molar-refractivity contribution in [3.63, 3.8) is 0 Å². The monoisotopic (exact) mass is 346 g/mol. The molecule has 0 saturated heterocycles. The van der Waals surface area contributed by atoms with Crippen molar-refractivity contribution in [2.75, 3.05) is 37.4 Å². The van der Waals surface area contributed by atoms with Crippen molar-refractivity contribution in [3.8, 4) is 0 Å². The third-order valence-electron chi connectivity index (χ3n) is 4.02. The molecule has 2 heterocycles. The van der Waals surface area contributed by atoms with Gasteiger partial charge < -0.3 is 30.7 Å². The second kappa shape index (κ2) is 6.81. The number of esters is 1. The van der Waals surface area contributed by atoms with E-state index >= 15 is 0 Å². The van der Waals surface area contributed by atoms with Crippen molar-refractivity contribution in [3.05, 3.63) is 35.0 Å². The van der Waals surface area contributed by atoms with Crippen LogP contribution in [0.15, 0.2) is 29.5 Å². The number of β-amino-alcohol motifs (C(OH)–C–C–N with tert-alkyl or cyclic N) is 1. The molecule has 9 heteroatoms. The van der Waals surface area contributed by atoms with Crippen molar-refractivity contribution < 1.29 is 24.2 Å². The van der Waals surface area contributed by atoms with Crippen molar-refractivity contribution in [2.45, 2.75) is 6.54 Å². The predicted molar refractivity (Wildman–Crippen MR) is 88.6 cm³/mol. The molecule has 0 aromatic heterocycles. The van der Waals surface area contributed by atoms with E-state index in [1.165, 1.54) is 12.0 Å². The van der Waals surface area contributed by atoms with Crippen LogP contribution in [0.5, 0.6) is 0 Å². The lowest BCUT2D eigenvalue weighted by Gasteiger charge is -2.19. The molecule has 0 atom stereocenters. The van der Waals surface area contributed by atoms with Gasteiger partial charge in [0.2, 0.25) is 0 Å². The quantitative estimate of drug-likeness (QED) is 0.557. The first kappa shape index (κ1) is 16.8. The lowest BCUT2D eigenvalue weighted by molar-refractivity contribution is -0.136. The highest BCUT2D eigenvalue weighted by molar-refractivity contribution is 6.08. The van der Waals surface area contributed by atoms with Crippen LogP contribution in [0.3, 0.4) is 0 Å². The molecule has 3 amide bonds. The largest absolute Gasteiger partial charge is 0.466 e. The standard InChI is InChI=1S/C16H18N4O5/c1-25-15(23)11-8-20(4-5-21)14(22)13(11)18-10-2-3-12-9(6-10)7-17-16(24)19-12/h2-3,6,18,21H,4-5,7-8H2,1H3,(H2,17,19,24). The van der Waals surface area contributed by atoms with Crippen LogP contribution in [0.1, 0.15) is 5.56 Å². The number of carbonyl (C=O) groups excluding carboxylic acids is 3. The molecule has 0 radical (unpaired) electrons. The fourth-order valence-corrected chi connectivity index (χ4v) is 2.77. The van der Waals surface area contributed by atoms with Crippen LogP contribution in [0.25, 0.3) is 0 Å². The fraction of sp³-hybridized carbons (Fsp3) is 0.312. The summed E-state index contributed by atoms with van der Waals surface area (Å²) in [5.41, 5.74) is 2.49. The first-order valence-electron chi connectivity index (χ1n) is 7.70. The predicted octanol–water partition coefficient (Wildman–Crippen LogP) is -0.00480. The molecule has 0 aliphatic carbocycles. The highest BCUT2D eigenvalue weighted by Crippen LogP contribution is 2.27. The van der Waals surface area contributed by atoms with Gasteiger partial charge in [0.15, 0.2) is 0 Å². The minimum Gasteiger partial charge on any atom is -0.466 e. The molecule has 1 aromatic carbocycles. The Morgan fingerprint density at radius 2 is 2.20 bits per heavy atom. The lowest BCUT2D eigenvalue weighted by Crippen LogP contribution is -2.33. The van der Waals surface area contributed by atoms with Gasteiger partial charge in [0.25, 0.3) is 5.91 Å². The third kappa shape index (κ3) is 3.26. The molecule has 132 valence electrons. The lowest BCUT2D eigenvalue weighted by atomic mass is 10.1.